The highest BCUT2D eigenvalue weighted by molar-refractivity contribution is 5.96. The third-order valence-electron chi connectivity index (χ3n) is 4.14. The van der Waals surface area contributed by atoms with Crippen molar-refractivity contribution in [2.75, 3.05) is 21.3 Å². The summed E-state index contributed by atoms with van der Waals surface area (Å²) >= 11 is 0. The van der Waals surface area contributed by atoms with Gasteiger partial charge in [-0.25, -0.2) is 4.39 Å². The molecule has 1 N–H and O–H groups in total. The number of halogens is 1. The summed E-state index contributed by atoms with van der Waals surface area (Å²) in [5.41, 5.74) is 1.78. The van der Waals surface area contributed by atoms with E-state index in [9.17, 15) is 9.18 Å². The number of hydrogen-bond acceptors (Lipinski definition) is 4. The zero-order valence-electron chi connectivity index (χ0n) is 16.1. The van der Waals surface area contributed by atoms with Crippen molar-refractivity contribution in [1.29, 1.82) is 0 Å². The van der Waals surface area contributed by atoms with Crippen molar-refractivity contribution < 1.29 is 23.4 Å². The smallest absolute Gasteiger partial charge is 0.251 e. The van der Waals surface area contributed by atoms with Gasteiger partial charge in [-0.2, -0.15) is 0 Å². The molecule has 0 saturated heterocycles. The monoisotopic (exact) mass is 373 g/mol. The predicted molar refractivity (Wildman–Crippen MR) is 103 cm³/mol. The van der Waals surface area contributed by atoms with Crippen LogP contribution >= 0.6 is 0 Å². The molecular formula is C21H24FNO4. The first-order chi connectivity index (χ1) is 12.9. The van der Waals surface area contributed by atoms with Crippen molar-refractivity contribution in [3.63, 3.8) is 0 Å². The number of carbonyl (C=O) groups excluding carboxylic acids is 1. The van der Waals surface area contributed by atoms with Gasteiger partial charge in [-0.15, -0.1) is 0 Å². The van der Waals surface area contributed by atoms with Gasteiger partial charge in [0.25, 0.3) is 5.91 Å². The van der Waals surface area contributed by atoms with Crippen molar-refractivity contribution in [1.82, 2.24) is 5.32 Å². The maximum Gasteiger partial charge on any atom is 0.251 e. The first-order valence-corrected chi connectivity index (χ1v) is 8.48. The molecule has 2 aromatic carbocycles. The molecule has 0 aromatic heterocycles. The number of methoxy groups -OCH3 is 3. The van der Waals surface area contributed by atoms with E-state index in [1.807, 2.05) is 19.1 Å². The van der Waals surface area contributed by atoms with E-state index in [4.69, 9.17) is 14.2 Å². The van der Waals surface area contributed by atoms with Crippen LogP contribution in [0.4, 0.5) is 4.39 Å². The Bertz CT molecular complexity index is 848. The first-order valence-electron chi connectivity index (χ1n) is 8.48. The molecule has 0 bridgehead atoms. The van der Waals surface area contributed by atoms with E-state index in [1.165, 1.54) is 26.4 Å². The number of ether oxygens (including phenoxy) is 3. The van der Waals surface area contributed by atoms with Gasteiger partial charge in [0, 0.05) is 11.1 Å². The van der Waals surface area contributed by atoms with Gasteiger partial charge in [0.1, 0.15) is 0 Å². The maximum absolute atomic E-state index is 13.9. The molecule has 27 heavy (non-hydrogen) atoms. The second kappa shape index (κ2) is 9.07. The highest BCUT2D eigenvalue weighted by Crippen LogP contribution is 2.33. The minimum Gasteiger partial charge on any atom is -0.494 e. The molecule has 0 radical (unpaired) electrons. The fourth-order valence-corrected chi connectivity index (χ4v) is 2.74. The standard InChI is InChI=1S/C21H24FNO4/c1-6-7-15-10-16(12-19(26-4)20(15)27-5)21(24)23-13(2)14-8-9-18(25-3)17(22)11-14/h6-13H,1-5H3,(H,23,24)/b7-6+. The summed E-state index contributed by atoms with van der Waals surface area (Å²) < 4.78 is 29.6. The molecule has 1 atom stereocenters. The molecule has 0 aliphatic carbocycles. The Kier molecular flexibility index (Phi) is 6.82. The molecule has 1 unspecified atom stereocenters. The van der Waals surface area contributed by atoms with Crippen LogP contribution < -0.4 is 19.5 Å². The van der Waals surface area contributed by atoms with Crippen LogP contribution in [0.2, 0.25) is 0 Å². The van der Waals surface area contributed by atoms with Gasteiger partial charge in [-0.1, -0.05) is 18.2 Å². The van der Waals surface area contributed by atoms with Crippen LogP contribution in [0.5, 0.6) is 17.2 Å². The predicted octanol–water partition coefficient (Wildman–Crippen LogP) is 4.38. The number of allylic oxidation sites excluding steroid dienone is 1. The minimum atomic E-state index is -0.474. The lowest BCUT2D eigenvalue weighted by Gasteiger charge is -2.17. The van der Waals surface area contributed by atoms with Crippen molar-refractivity contribution in [2.45, 2.75) is 19.9 Å². The van der Waals surface area contributed by atoms with Gasteiger partial charge in [-0.05, 0) is 43.7 Å². The molecule has 0 spiro atoms. The Morgan fingerprint density at radius 3 is 2.33 bits per heavy atom. The Morgan fingerprint density at radius 1 is 1.07 bits per heavy atom. The average Bonchev–Trinajstić information content (AvgIpc) is 2.67. The van der Waals surface area contributed by atoms with E-state index in [2.05, 4.69) is 5.32 Å². The molecule has 0 fully saturated rings. The summed E-state index contributed by atoms with van der Waals surface area (Å²) in [6.07, 6.45) is 3.68. The summed E-state index contributed by atoms with van der Waals surface area (Å²) in [6, 6.07) is 7.54. The van der Waals surface area contributed by atoms with Crippen LogP contribution in [-0.4, -0.2) is 27.2 Å². The van der Waals surface area contributed by atoms with Crippen molar-refractivity contribution in [3.05, 3.63) is 58.9 Å². The van der Waals surface area contributed by atoms with Crippen LogP contribution in [0.3, 0.4) is 0 Å². The molecule has 2 aromatic rings. The highest BCUT2D eigenvalue weighted by atomic mass is 19.1. The van der Waals surface area contributed by atoms with Crippen LogP contribution in [0.1, 0.15) is 41.4 Å². The molecule has 0 saturated carbocycles. The lowest BCUT2D eigenvalue weighted by molar-refractivity contribution is 0.0939. The molecule has 2 rings (SSSR count). The topological polar surface area (TPSA) is 56.8 Å². The van der Waals surface area contributed by atoms with E-state index in [0.717, 1.165) is 5.56 Å². The van der Waals surface area contributed by atoms with Crippen molar-refractivity contribution in [2.24, 2.45) is 0 Å². The van der Waals surface area contributed by atoms with Crippen molar-refractivity contribution in [3.8, 4) is 17.2 Å². The van der Waals surface area contributed by atoms with Gasteiger partial charge in [0.05, 0.1) is 27.4 Å². The Morgan fingerprint density at radius 2 is 1.78 bits per heavy atom. The fraction of sp³-hybridized carbons (Fsp3) is 0.286. The molecule has 5 nitrogen and oxygen atoms in total. The third-order valence-corrected chi connectivity index (χ3v) is 4.14. The lowest BCUT2D eigenvalue weighted by Crippen LogP contribution is -2.26. The second-order valence-corrected chi connectivity index (χ2v) is 5.89. The van der Waals surface area contributed by atoms with Crippen LogP contribution in [0.15, 0.2) is 36.4 Å². The Labute approximate surface area is 158 Å². The van der Waals surface area contributed by atoms with Gasteiger partial charge >= 0.3 is 0 Å². The number of nitrogens with one attached hydrogen (secondary N) is 1. The zero-order chi connectivity index (χ0) is 20.0. The van der Waals surface area contributed by atoms with Crippen molar-refractivity contribution >= 4 is 12.0 Å². The van der Waals surface area contributed by atoms with E-state index >= 15 is 0 Å². The largest absolute Gasteiger partial charge is 0.494 e. The van der Waals surface area contributed by atoms with E-state index in [1.54, 1.807) is 32.2 Å². The number of rotatable bonds is 7. The molecule has 0 heterocycles. The first kappa shape index (κ1) is 20.3. The zero-order valence-corrected chi connectivity index (χ0v) is 16.1. The number of benzene rings is 2. The third kappa shape index (κ3) is 4.58. The van der Waals surface area contributed by atoms with Gasteiger partial charge < -0.3 is 19.5 Å². The SMILES string of the molecule is C/C=C/c1cc(C(=O)NC(C)c2ccc(OC)c(F)c2)cc(OC)c1OC. The van der Waals surface area contributed by atoms with Crippen LogP contribution in [0, 0.1) is 5.82 Å². The summed E-state index contributed by atoms with van der Waals surface area (Å²) in [5.74, 6) is 0.398. The maximum atomic E-state index is 13.9. The number of amides is 1. The van der Waals surface area contributed by atoms with Crippen LogP contribution in [0.25, 0.3) is 6.08 Å². The fourth-order valence-electron chi connectivity index (χ4n) is 2.74. The normalized spacial score (nSPS) is 11.9. The summed E-state index contributed by atoms with van der Waals surface area (Å²) in [4.78, 5) is 12.7. The minimum absolute atomic E-state index is 0.160. The average molecular weight is 373 g/mol. The van der Waals surface area contributed by atoms with Gasteiger partial charge in [0.2, 0.25) is 0 Å². The van der Waals surface area contributed by atoms with Gasteiger partial charge in [-0.3, -0.25) is 4.79 Å². The second-order valence-electron chi connectivity index (χ2n) is 5.89. The summed E-state index contributed by atoms with van der Waals surface area (Å²) in [6.45, 7) is 3.66. The Balaban J connectivity index is 2.29. The highest BCUT2D eigenvalue weighted by Gasteiger charge is 2.18. The van der Waals surface area contributed by atoms with Gasteiger partial charge in [0.15, 0.2) is 23.1 Å². The molecule has 0 aliphatic heterocycles. The van der Waals surface area contributed by atoms with E-state index in [0.29, 0.717) is 22.6 Å². The molecular weight excluding hydrogens is 349 g/mol. The summed E-state index contributed by atoms with van der Waals surface area (Å²) in [7, 11) is 4.47. The quantitative estimate of drug-likeness (QED) is 0.783. The Hall–Kier alpha value is -3.02. The van der Waals surface area contributed by atoms with E-state index in [-0.39, 0.29) is 11.7 Å². The molecule has 1 amide bonds. The molecule has 6 heteroatoms. The lowest BCUT2D eigenvalue weighted by atomic mass is 10.0. The van der Waals surface area contributed by atoms with Crippen LogP contribution in [-0.2, 0) is 0 Å². The molecule has 0 aliphatic rings. The number of carbonyl (C=O) groups is 1. The summed E-state index contributed by atoms with van der Waals surface area (Å²) in [5, 5.41) is 2.87. The van der Waals surface area contributed by atoms with E-state index < -0.39 is 11.9 Å². The number of hydrogen-bond donors (Lipinski definition) is 1. The molecule has 144 valence electrons.